The molecule has 1 aromatic heterocycles. The number of hydrogen-bond donors (Lipinski definition) is 2. The van der Waals surface area contributed by atoms with Gasteiger partial charge in [-0.15, -0.1) is 0 Å². The molecule has 2 N–H and O–H groups in total. The topological polar surface area (TPSA) is 80.6 Å². The summed E-state index contributed by atoms with van der Waals surface area (Å²) < 4.78 is 23.9. The molecule has 0 aliphatic carbocycles. The molecule has 0 aliphatic rings. The van der Waals surface area contributed by atoms with E-state index in [0.717, 1.165) is 11.0 Å². The van der Waals surface area contributed by atoms with E-state index in [4.69, 9.17) is 9.15 Å². The molecule has 1 heterocycles. The van der Waals surface area contributed by atoms with Crippen LogP contribution in [-0.2, 0) is 20.9 Å². The predicted octanol–water partition coefficient (Wildman–Crippen LogP) is 2.69. The minimum atomic E-state index is -0.782. The molecule has 0 fully saturated rings. The summed E-state index contributed by atoms with van der Waals surface area (Å²) in [4.78, 5) is 23.9. The van der Waals surface area contributed by atoms with Gasteiger partial charge in [0.25, 0.3) is 0 Å². The van der Waals surface area contributed by atoms with Crippen molar-refractivity contribution in [3.63, 3.8) is 0 Å². The standard InChI is InChI=1S/C20H19FN2O4/c1-26-18(17-10-14-4-2-3-5-16(14)27-17)12-23-20(25)19(24)22-11-13-6-8-15(21)9-7-13/h2-10,18H,11-12H2,1H3,(H,22,24)(H,23,25)/t18-/m0/s1. The maximum atomic E-state index is 12.9. The molecule has 6 nitrogen and oxygen atoms in total. The number of para-hydroxylation sites is 1. The molecule has 0 radical (unpaired) electrons. The Hall–Kier alpha value is -3.19. The van der Waals surface area contributed by atoms with Crippen LogP contribution in [0.2, 0.25) is 0 Å². The summed E-state index contributed by atoms with van der Waals surface area (Å²) >= 11 is 0. The molecule has 0 unspecified atom stereocenters. The summed E-state index contributed by atoms with van der Waals surface area (Å²) in [5, 5.41) is 5.94. The quantitative estimate of drug-likeness (QED) is 0.654. The molecule has 7 heteroatoms. The van der Waals surface area contributed by atoms with E-state index in [1.807, 2.05) is 30.3 Å². The number of rotatable bonds is 6. The highest BCUT2D eigenvalue weighted by Gasteiger charge is 2.19. The van der Waals surface area contributed by atoms with Crippen molar-refractivity contribution >= 4 is 22.8 Å². The van der Waals surface area contributed by atoms with E-state index < -0.39 is 17.9 Å². The summed E-state index contributed by atoms with van der Waals surface area (Å²) in [7, 11) is 1.50. The number of furan rings is 1. The number of carbonyl (C=O) groups is 2. The SMILES string of the molecule is CO[C@@H](CNC(=O)C(=O)NCc1ccc(F)cc1)c1cc2ccccc2o1. The molecule has 27 heavy (non-hydrogen) atoms. The van der Waals surface area contributed by atoms with Crippen LogP contribution in [-0.4, -0.2) is 25.5 Å². The van der Waals surface area contributed by atoms with Crippen LogP contribution in [0.5, 0.6) is 0 Å². The lowest BCUT2D eigenvalue weighted by Crippen LogP contribution is -2.41. The molecule has 140 valence electrons. The molecule has 0 spiro atoms. The van der Waals surface area contributed by atoms with Crippen molar-refractivity contribution in [1.29, 1.82) is 0 Å². The summed E-state index contributed by atoms with van der Waals surface area (Å²) in [6.07, 6.45) is -0.522. The molecule has 0 saturated heterocycles. The van der Waals surface area contributed by atoms with Gasteiger partial charge in [-0.1, -0.05) is 30.3 Å². The molecule has 0 saturated carbocycles. The minimum Gasteiger partial charge on any atom is -0.458 e. The normalized spacial score (nSPS) is 11.9. The third kappa shape index (κ3) is 4.71. The van der Waals surface area contributed by atoms with Gasteiger partial charge in [-0.05, 0) is 29.8 Å². The highest BCUT2D eigenvalue weighted by Crippen LogP contribution is 2.25. The van der Waals surface area contributed by atoms with Gasteiger partial charge in [-0.25, -0.2) is 4.39 Å². The number of benzene rings is 2. The molecule has 2 amide bonds. The Kier molecular flexibility index (Phi) is 5.83. The number of hydrogen-bond acceptors (Lipinski definition) is 4. The van der Waals surface area contributed by atoms with E-state index in [2.05, 4.69) is 10.6 Å². The Morgan fingerprint density at radius 2 is 1.78 bits per heavy atom. The van der Waals surface area contributed by atoms with Crippen LogP contribution in [0.15, 0.2) is 59.0 Å². The highest BCUT2D eigenvalue weighted by molar-refractivity contribution is 6.35. The van der Waals surface area contributed by atoms with Gasteiger partial charge in [0.05, 0.1) is 6.54 Å². The average Bonchev–Trinajstić information content (AvgIpc) is 3.11. The van der Waals surface area contributed by atoms with Gasteiger partial charge in [0, 0.05) is 19.0 Å². The fourth-order valence-corrected chi connectivity index (χ4v) is 2.59. The first-order valence-electron chi connectivity index (χ1n) is 8.38. The zero-order valence-corrected chi connectivity index (χ0v) is 14.7. The Labute approximate surface area is 155 Å². The van der Waals surface area contributed by atoms with Crippen molar-refractivity contribution in [3.8, 4) is 0 Å². The lowest BCUT2D eigenvalue weighted by atomic mass is 10.2. The first-order chi connectivity index (χ1) is 13.1. The molecule has 1 atom stereocenters. The van der Waals surface area contributed by atoms with Crippen molar-refractivity contribution in [1.82, 2.24) is 10.6 Å². The van der Waals surface area contributed by atoms with E-state index in [0.29, 0.717) is 11.3 Å². The second-order valence-electron chi connectivity index (χ2n) is 5.93. The average molecular weight is 370 g/mol. The summed E-state index contributed by atoms with van der Waals surface area (Å²) in [5.74, 6) is -1.36. The molecule has 0 bridgehead atoms. The first kappa shape index (κ1) is 18.6. The number of nitrogens with one attached hydrogen (secondary N) is 2. The van der Waals surface area contributed by atoms with Crippen LogP contribution in [0.3, 0.4) is 0 Å². The van der Waals surface area contributed by atoms with Gasteiger partial charge in [-0.2, -0.15) is 0 Å². The minimum absolute atomic E-state index is 0.0825. The third-order valence-corrected chi connectivity index (χ3v) is 4.07. The number of halogens is 1. The van der Waals surface area contributed by atoms with Gasteiger partial charge in [0.1, 0.15) is 23.3 Å². The Morgan fingerprint density at radius 3 is 2.48 bits per heavy atom. The van der Waals surface area contributed by atoms with Crippen LogP contribution < -0.4 is 10.6 Å². The lowest BCUT2D eigenvalue weighted by Gasteiger charge is -2.13. The lowest BCUT2D eigenvalue weighted by molar-refractivity contribution is -0.139. The van der Waals surface area contributed by atoms with E-state index in [1.54, 1.807) is 0 Å². The van der Waals surface area contributed by atoms with Crippen LogP contribution in [0.1, 0.15) is 17.4 Å². The van der Waals surface area contributed by atoms with E-state index in [1.165, 1.54) is 31.4 Å². The van der Waals surface area contributed by atoms with Crippen LogP contribution in [0, 0.1) is 5.82 Å². The Bertz CT molecular complexity index is 904. The number of methoxy groups -OCH3 is 1. The third-order valence-electron chi connectivity index (χ3n) is 4.07. The smallest absolute Gasteiger partial charge is 0.309 e. The van der Waals surface area contributed by atoms with Gasteiger partial charge >= 0.3 is 11.8 Å². The zero-order valence-electron chi connectivity index (χ0n) is 14.7. The second-order valence-corrected chi connectivity index (χ2v) is 5.93. The fraction of sp³-hybridized carbons (Fsp3) is 0.200. The highest BCUT2D eigenvalue weighted by atomic mass is 19.1. The molecule has 3 aromatic rings. The number of carbonyl (C=O) groups excluding carboxylic acids is 2. The second kappa shape index (κ2) is 8.46. The van der Waals surface area contributed by atoms with E-state index >= 15 is 0 Å². The predicted molar refractivity (Wildman–Crippen MR) is 97.2 cm³/mol. The zero-order chi connectivity index (χ0) is 19.2. The van der Waals surface area contributed by atoms with Gasteiger partial charge < -0.3 is 19.8 Å². The van der Waals surface area contributed by atoms with E-state index in [-0.39, 0.29) is 18.9 Å². The molecular weight excluding hydrogens is 351 g/mol. The van der Waals surface area contributed by atoms with Gasteiger partial charge in [0.15, 0.2) is 0 Å². The number of ether oxygens (including phenoxy) is 1. The molecule has 0 aliphatic heterocycles. The van der Waals surface area contributed by atoms with Gasteiger partial charge in [0.2, 0.25) is 0 Å². The molecular formula is C20H19FN2O4. The summed E-state index contributed by atoms with van der Waals surface area (Å²) in [6, 6.07) is 15.0. The van der Waals surface area contributed by atoms with Crippen molar-refractivity contribution in [2.45, 2.75) is 12.6 Å². The van der Waals surface area contributed by atoms with Crippen molar-refractivity contribution in [3.05, 3.63) is 71.7 Å². The van der Waals surface area contributed by atoms with Crippen molar-refractivity contribution in [2.24, 2.45) is 0 Å². The van der Waals surface area contributed by atoms with E-state index in [9.17, 15) is 14.0 Å². The van der Waals surface area contributed by atoms with Crippen LogP contribution in [0.4, 0.5) is 4.39 Å². The Balaban J connectivity index is 1.53. The van der Waals surface area contributed by atoms with Crippen molar-refractivity contribution in [2.75, 3.05) is 13.7 Å². The maximum absolute atomic E-state index is 12.9. The van der Waals surface area contributed by atoms with Crippen LogP contribution in [0.25, 0.3) is 11.0 Å². The molecule has 2 aromatic carbocycles. The van der Waals surface area contributed by atoms with Crippen molar-refractivity contribution < 1.29 is 23.1 Å². The van der Waals surface area contributed by atoms with Crippen LogP contribution >= 0.6 is 0 Å². The molecule has 3 rings (SSSR count). The summed E-state index contributed by atoms with van der Waals surface area (Å²) in [6.45, 7) is 0.211. The first-order valence-corrected chi connectivity index (χ1v) is 8.38. The number of fused-ring (bicyclic) bond motifs is 1. The largest absolute Gasteiger partial charge is 0.458 e. The maximum Gasteiger partial charge on any atom is 0.309 e. The fourth-order valence-electron chi connectivity index (χ4n) is 2.59. The number of amides is 2. The monoisotopic (exact) mass is 370 g/mol. The van der Waals surface area contributed by atoms with Gasteiger partial charge in [-0.3, -0.25) is 9.59 Å². The summed E-state index contributed by atoms with van der Waals surface area (Å²) in [5.41, 5.74) is 1.41. The Morgan fingerprint density at radius 1 is 1.07 bits per heavy atom.